The van der Waals surface area contributed by atoms with Crippen LogP contribution in [0, 0.1) is 6.92 Å². The van der Waals surface area contributed by atoms with Crippen molar-refractivity contribution >= 4 is 17.8 Å². The number of rotatable bonds is 5. The van der Waals surface area contributed by atoms with E-state index in [1.807, 2.05) is 18.2 Å². The molecule has 7 heteroatoms. The van der Waals surface area contributed by atoms with Crippen LogP contribution in [-0.2, 0) is 23.9 Å². The minimum absolute atomic E-state index is 0.233. The fraction of sp³-hybridized carbons (Fsp3) is 0.400. The Morgan fingerprint density at radius 2 is 1.64 bits per heavy atom. The normalized spacial score (nSPS) is 10.5. The summed E-state index contributed by atoms with van der Waals surface area (Å²) in [4.78, 5) is 32.6. The first-order valence-corrected chi connectivity index (χ1v) is 6.59. The highest BCUT2D eigenvalue weighted by atomic mass is 16.5. The van der Waals surface area contributed by atoms with Crippen LogP contribution in [0.2, 0.25) is 0 Å². The van der Waals surface area contributed by atoms with Gasteiger partial charge in [0, 0.05) is 0 Å². The highest BCUT2D eigenvalue weighted by molar-refractivity contribution is 5.88. The Morgan fingerprint density at radius 3 is 2.05 bits per heavy atom. The van der Waals surface area contributed by atoms with E-state index in [4.69, 9.17) is 5.73 Å². The molecule has 0 spiro atoms. The Hall–Kier alpha value is -2.41. The van der Waals surface area contributed by atoms with Gasteiger partial charge in [-0.15, -0.1) is 0 Å². The zero-order chi connectivity index (χ0) is 17.0. The first kappa shape index (κ1) is 19.6. The number of carbonyl (C=O) groups is 3. The van der Waals surface area contributed by atoms with E-state index in [0.29, 0.717) is 0 Å². The molecule has 0 saturated heterocycles. The minimum atomic E-state index is -1.03. The molecule has 0 aliphatic carbocycles. The van der Waals surface area contributed by atoms with Gasteiger partial charge in [-0.3, -0.25) is 14.4 Å². The number of benzene rings is 1. The van der Waals surface area contributed by atoms with Crippen LogP contribution >= 0.6 is 0 Å². The van der Waals surface area contributed by atoms with Crippen molar-refractivity contribution < 1.29 is 23.9 Å². The van der Waals surface area contributed by atoms with Crippen molar-refractivity contribution in [3.8, 4) is 0 Å². The predicted octanol–water partition coefficient (Wildman–Crippen LogP) is 0.161. The molecule has 22 heavy (non-hydrogen) atoms. The zero-order valence-corrected chi connectivity index (χ0v) is 13.0. The Morgan fingerprint density at radius 1 is 1.09 bits per heavy atom. The maximum atomic E-state index is 11.2. The molecule has 0 heterocycles. The molecular weight excluding hydrogens is 288 g/mol. The summed E-state index contributed by atoms with van der Waals surface area (Å²) in [6.45, 7) is 1.81. The quantitative estimate of drug-likeness (QED) is 0.750. The van der Waals surface area contributed by atoms with Crippen molar-refractivity contribution in [2.75, 3.05) is 20.8 Å². The van der Waals surface area contributed by atoms with Gasteiger partial charge in [-0.1, -0.05) is 35.9 Å². The fourth-order valence-corrected chi connectivity index (χ4v) is 1.25. The van der Waals surface area contributed by atoms with Crippen molar-refractivity contribution in [3.63, 3.8) is 0 Å². The predicted molar refractivity (Wildman–Crippen MR) is 80.8 cm³/mol. The van der Waals surface area contributed by atoms with E-state index in [0.717, 1.165) is 0 Å². The fourth-order valence-electron chi connectivity index (χ4n) is 1.25. The van der Waals surface area contributed by atoms with Crippen LogP contribution in [0.4, 0.5) is 0 Å². The van der Waals surface area contributed by atoms with Gasteiger partial charge in [0.1, 0.15) is 6.54 Å². The van der Waals surface area contributed by atoms with Crippen LogP contribution < -0.4 is 11.1 Å². The molecule has 1 aromatic rings. The lowest BCUT2D eigenvalue weighted by Crippen LogP contribution is -2.44. The smallest absolute Gasteiger partial charge is 0.325 e. The molecule has 1 unspecified atom stereocenters. The van der Waals surface area contributed by atoms with E-state index in [1.54, 1.807) is 0 Å². The summed E-state index contributed by atoms with van der Waals surface area (Å²) >= 11 is 0. The van der Waals surface area contributed by atoms with Gasteiger partial charge in [-0.25, -0.2) is 0 Å². The second-order valence-electron chi connectivity index (χ2n) is 4.34. The first-order chi connectivity index (χ1) is 10.4. The van der Waals surface area contributed by atoms with E-state index < -0.39 is 23.9 Å². The molecule has 1 atom stereocenters. The highest BCUT2D eigenvalue weighted by Crippen LogP contribution is 1.92. The van der Waals surface area contributed by atoms with Crippen LogP contribution in [0.1, 0.15) is 12.0 Å². The molecule has 7 nitrogen and oxygen atoms in total. The molecule has 1 aromatic carbocycles. The number of nitrogens with one attached hydrogen (secondary N) is 1. The van der Waals surface area contributed by atoms with E-state index in [1.165, 1.54) is 19.8 Å². The van der Waals surface area contributed by atoms with Crippen LogP contribution in [0.3, 0.4) is 0 Å². The average Bonchev–Trinajstić information content (AvgIpc) is 2.53. The summed E-state index contributed by atoms with van der Waals surface area (Å²) in [7, 11) is 2.39. The van der Waals surface area contributed by atoms with Gasteiger partial charge in [0.25, 0.3) is 0 Å². The molecule has 0 fully saturated rings. The van der Waals surface area contributed by atoms with Gasteiger partial charge in [-0.2, -0.15) is 0 Å². The largest absolute Gasteiger partial charge is 0.469 e. The number of nitrogens with two attached hydrogens (primary N) is 1. The number of hydrogen-bond acceptors (Lipinski definition) is 6. The summed E-state index contributed by atoms with van der Waals surface area (Å²) in [5, 5.41) is 2.22. The molecule has 122 valence electrons. The molecule has 0 aliphatic heterocycles. The molecule has 0 aliphatic rings. The lowest BCUT2D eigenvalue weighted by atomic mass is 10.2. The third kappa shape index (κ3) is 9.49. The summed E-state index contributed by atoms with van der Waals surface area (Å²) < 4.78 is 8.62. The lowest BCUT2D eigenvalue weighted by molar-refractivity contribution is -0.143. The van der Waals surface area contributed by atoms with E-state index in [2.05, 4.69) is 33.8 Å². The molecule has 0 saturated carbocycles. The van der Waals surface area contributed by atoms with Crippen LogP contribution in [0.5, 0.6) is 0 Å². The monoisotopic (exact) mass is 310 g/mol. The van der Waals surface area contributed by atoms with Crippen molar-refractivity contribution in [1.82, 2.24) is 5.32 Å². The van der Waals surface area contributed by atoms with E-state index in [-0.39, 0.29) is 13.0 Å². The summed E-state index contributed by atoms with van der Waals surface area (Å²) in [6.07, 6.45) is -0.233. The van der Waals surface area contributed by atoms with Crippen molar-refractivity contribution in [2.45, 2.75) is 19.4 Å². The molecule has 0 radical (unpaired) electrons. The average molecular weight is 310 g/mol. The van der Waals surface area contributed by atoms with E-state index in [9.17, 15) is 14.4 Å². The van der Waals surface area contributed by atoms with Crippen molar-refractivity contribution in [2.24, 2.45) is 5.73 Å². The van der Waals surface area contributed by atoms with Crippen LogP contribution in [0.15, 0.2) is 30.3 Å². The highest BCUT2D eigenvalue weighted by Gasteiger charge is 2.18. The maximum absolute atomic E-state index is 11.2. The first-order valence-electron chi connectivity index (χ1n) is 6.59. The number of carbonyl (C=O) groups excluding carboxylic acids is 3. The maximum Gasteiger partial charge on any atom is 0.325 e. The van der Waals surface area contributed by atoms with Gasteiger partial charge in [0.05, 0.1) is 26.7 Å². The van der Waals surface area contributed by atoms with Crippen molar-refractivity contribution in [1.29, 1.82) is 0 Å². The van der Waals surface area contributed by atoms with Crippen LogP contribution in [-0.4, -0.2) is 44.7 Å². The standard InChI is InChI=1S/C8H14N2O5.C7H8/c1-14-6(11)3-5(9)8(13)10-4-7(12)15-2;1-7-5-3-2-4-6-7/h5H,3-4,9H2,1-2H3,(H,10,13);2-6H,1H3. The van der Waals surface area contributed by atoms with Gasteiger partial charge in [0.2, 0.25) is 5.91 Å². The molecule has 1 amide bonds. The number of hydrogen-bond donors (Lipinski definition) is 2. The summed E-state index contributed by atoms with van der Waals surface area (Å²) in [5.74, 6) is -1.78. The SMILES string of the molecule is COC(=O)CNC(=O)C(N)CC(=O)OC.Cc1ccccc1. The third-order valence-corrected chi connectivity index (χ3v) is 2.53. The van der Waals surface area contributed by atoms with Gasteiger partial charge >= 0.3 is 11.9 Å². The topological polar surface area (TPSA) is 108 Å². The van der Waals surface area contributed by atoms with Crippen LogP contribution in [0.25, 0.3) is 0 Å². The minimum Gasteiger partial charge on any atom is -0.469 e. The van der Waals surface area contributed by atoms with E-state index >= 15 is 0 Å². The second kappa shape index (κ2) is 11.3. The number of aryl methyl sites for hydroxylation is 1. The molecule has 1 rings (SSSR count). The number of ether oxygens (including phenoxy) is 2. The van der Waals surface area contributed by atoms with Gasteiger partial charge in [-0.05, 0) is 6.92 Å². The number of esters is 2. The second-order valence-corrected chi connectivity index (χ2v) is 4.34. The number of methoxy groups -OCH3 is 2. The molecular formula is C15H22N2O5. The molecule has 0 aromatic heterocycles. The van der Waals surface area contributed by atoms with Gasteiger partial charge in [0.15, 0.2) is 0 Å². The zero-order valence-electron chi connectivity index (χ0n) is 13.0. The summed E-state index contributed by atoms with van der Waals surface area (Å²) in [6, 6.07) is 9.24. The molecule has 3 N–H and O–H groups in total. The number of amides is 1. The Bertz CT molecular complexity index is 476. The Kier molecular flexibility index (Phi) is 10.0. The summed E-state index contributed by atoms with van der Waals surface area (Å²) in [5.41, 5.74) is 6.68. The molecule has 0 bridgehead atoms. The van der Waals surface area contributed by atoms with Gasteiger partial charge < -0.3 is 20.5 Å². The third-order valence-electron chi connectivity index (χ3n) is 2.53. The lowest BCUT2D eigenvalue weighted by Gasteiger charge is -2.09. The Balaban J connectivity index is 0.000000518. The van der Waals surface area contributed by atoms with Crippen molar-refractivity contribution in [3.05, 3.63) is 35.9 Å². The Labute approximate surface area is 129 Å².